The van der Waals surface area contributed by atoms with Crippen LogP contribution in [0.25, 0.3) is 0 Å². The van der Waals surface area contributed by atoms with Crippen LogP contribution < -0.4 is 0 Å². The third kappa shape index (κ3) is 10.6. The Morgan fingerprint density at radius 3 is 1.47 bits per heavy atom. The second-order valence-electron chi connectivity index (χ2n) is 2.54. The van der Waals surface area contributed by atoms with Crippen LogP contribution in [0.4, 0.5) is 0 Å². The summed E-state index contributed by atoms with van der Waals surface area (Å²) in [5.41, 5.74) is 0. The molecule has 0 aromatic carbocycles. The Bertz CT molecular complexity index is 358. The quantitative estimate of drug-likeness (QED) is 0.375. The Balaban J connectivity index is -0.000000720. The summed E-state index contributed by atoms with van der Waals surface area (Å²) in [6.07, 6.45) is -1.59. The predicted octanol–water partition coefficient (Wildman–Crippen LogP) is -2.79. The summed E-state index contributed by atoms with van der Waals surface area (Å²) < 4.78 is 58.2. The molecule has 0 rings (SSSR count). The van der Waals surface area contributed by atoms with E-state index in [-0.39, 0.29) is 59.1 Å². The van der Waals surface area contributed by atoms with Crippen LogP contribution in [0.2, 0.25) is 0 Å². The maximum atomic E-state index is 10.5. The van der Waals surface area contributed by atoms with E-state index >= 15 is 0 Å². The summed E-state index contributed by atoms with van der Waals surface area (Å²) in [4.78, 5) is 0. The number of aliphatic hydroxyl groups is 1. The molecule has 7 nitrogen and oxygen atoms in total. The average molecular weight is 282 g/mol. The molecule has 15 heavy (non-hydrogen) atoms. The van der Waals surface area contributed by atoms with Gasteiger partial charge in [0, 0.05) is 0 Å². The molecule has 3 N–H and O–H groups in total. The fourth-order valence-corrected chi connectivity index (χ4v) is 3.08. The molecule has 0 saturated heterocycles. The van der Waals surface area contributed by atoms with Crippen LogP contribution in [0.5, 0.6) is 0 Å². The Morgan fingerprint density at radius 1 is 1.07 bits per heavy atom. The van der Waals surface area contributed by atoms with Crippen molar-refractivity contribution in [3.05, 3.63) is 0 Å². The van der Waals surface area contributed by atoms with E-state index in [0.717, 1.165) is 6.92 Å². The molecule has 2 unspecified atom stereocenters. The second-order valence-corrected chi connectivity index (χ2v) is 5.68. The van der Waals surface area contributed by atoms with Crippen LogP contribution in [0.3, 0.4) is 0 Å². The van der Waals surface area contributed by atoms with E-state index in [1.807, 2.05) is 0 Å². The second kappa shape index (κ2) is 7.98. The summed E-state index contributed by atoms with van der Waals surface area (Å²) in [6.45, 7) is 0.990. The molecule has 0 aliphatic heterocycles. The van der Waals surface area contributed by atoms with Gasteiger partial charge in [-0.15, -0.1) is 0 Å². The van der Waals surface area contributed by atoms with Crippen LogP contribution in [0.1, 0.15) is 6.92 Å². The van der Waals surface area contributed by atoms with Crippen LogP contribution >= 0.6 is 0 Å². The van der Waals surface area contributed by atoms with Crippen molar-refractivity contribution in [2.45, 2.75) is 18.3 Å². The molecule has 0 saturated carbocycles. The molecule has 2 atom stereocenters. The Kier molecular flexibility index (Phi) is 11.7. The van der Waals surface area contributed by atoms with Crippen LogP contribution in [-0.4, -0.2) is 107 Å². The van der Waals surface area contributed by atoms with Crippen molar-refractivity contribution in [1.82, 2.24) is 0 Å². The summed E-state index contributed by atoms with van der Waals surface area (Å²) in [5.74, 6) is -1.23. The van der Waals surface area contributed by atoms with E-state index in [4.69, 9.17) is 14.2 Å². The third-order valence-electron chi connectivity index (χ3n) is 1.30. The Labute approximate surface area is 133 Å². The molecule has 0 heterocycles. The molecule has 0 aromatic rings. The Hall–Kier alpha value is 1.78. The van der Waals surface area contributed by atoms with Gasteiger partial charge in [0.2, 0.25) is 0 Å². The predicted molar refractivity (Wildman–Crippen MR) is 57.7 cm³/mol. The topological polar surface area (TPSA) is 129 Å². The zero-order valence-corrected chi connectivity index (χ0v) is 8.29. The molecule has 0 aliphatic rings. The fraction of sp³-hybridized carbons (Fsp3) is 1.00. The molecular weight excluding hydrogens is 270 g/mol. The van der Waals surface area contributed by atoms with Gasteiger partial charge in [0.1, 0.15) is 5.25 Å². The van der Waals surface area contributed by atoms with E-state index in [1.54, 1.807) is 0 Å². The normalized spacial score (nSPS) is 15.7. The van der Waals surface area contributed by atoms with Gasteiger partial charge in [0.25, 0.3) is 20.2 Å². The number of hydrogen-bond acceptors (Lipinski definition) is 5. The first kappa shape index (κ1) is 22.0. The minimum absolute atomic E-state index is 0. The van der Waals surface area contributed by atoms with Gasteiger partial charge in [0.05, 0.1) is 11.9 Å². The standard InChI is InChI=1S/C4H10O7S2.2Na.2H/c1-3(5)4(13(9,10)11)2-12(6,7)8;;;;/h3-5H,2H2,1H3,(H,6,7,8)(H,9,10,11);;;;. The van der Waals surface area contributed by atoms with Crippen molar-refractivity contribution >= 4 is 79.4 Å². The zero-order valence-electron chi connectivity index (χ0n) is 6.65. The fourth-order valence-electron chi connectivity index (χ4n) is 0.682. The zero-order chi connectivity index (χ0) is 10.9. The van der Waals surface area contributed by atoms with E-state index < -0.39 is 37.3 Å². The van der Waals surface area contributed by atoms with Crippen molar-refractivity contribution in [2.24, 2.45) is 0 Å². The summed E-state index contributed by atoms with van der Waals surface area (Å²) in [7, 11) is -9.24. The SMILES string of the molecule is CC(O)C(CS(=O)(=O)O)S(=O)(=O)O.[NaH].[NaH]. The van der Waals surface area contributed by atoms with E-state index in [0.29, 0.717) is 0 Å². The number of rotatable bonds is 4. The van der Waals surface area contributed by atoms with Crippen molar-refractivity contribution in [3.8, 4) is 0 Å². The first-order chi connectivity index (χ1) is 5.54. The first-order valence-corrected chi connectivity index (χ1v) is 6.25. The van der Waals surface area contributed by atoms with Crippen LogP contribution in [-0.2, 0) is 20.2 Å². The summed E-state index contributed by atoms with van der Waals surface area (Å²) in [6, 6.07) is 0. The third-order valence-corrected chi connectivity index (χ3v) is 3.61. The van der Waals surface area contributed by atoms with Crippen molar-refractivity contribution in [1.29, 1.82) is 0 Å². The summed E-state index contributed by atoms with van der Waals surface area (Å²) >= 11 is 0. The molecule has 11 heteroatoms. The van der Waals surface area contributed by atoms with Gasteiger partial charge >= 0.3 is 59.1 Å². The molecule has 0 fully saturated rings. The van der Waals surface area contributed by atoms with Gasteiger partial charge in [-0.2, -0.15) is 16.8 Å². The molecule has 0 radical (unpaired) electrons. The summed E-state index contributed by atoms with van der Waals surface area (Å²) in [5, 5.41) is 6.87. The monoisotopic (exact) mass is 282 g/mol. The van der Waals surface area contributed by atoms with Gasteiger partial charge in [-0.25, -0.2) is 0 Å². The van der Waals surface area contributed by atoms with Crippen LogP contribution in [0, 0.1) is 0 Å². The van der Waals surface area contributed by atoms with Crippen molar-refractivity contribution < 1.29 is 31.0 Å². The Morgan fingerprint density at radius 2 is 1.40 bits per heavy atom. The minimum atomic E-state index is -4.69. The molecular formula is C4H12Na2O7S2. The van der Waals surface area contributed by atoms with Crippen LogP contribution in [0.15, 0.2) is 0 Å². The van der Waals surface area contributed by atoms with E-state index in [1.165, 1.54) is 0 Å². The van der Waals surface area contributed by atoms with E-state index in [9.17, 15) is 16.8 Å². The van der Waals surface area contributed by atoms with E-state index in [2.05, 4.69) is 0 Å². The van der Waals surface area contributed by atoms with Gasteiger partial charge in [-0.3, -0.25) is 9.11 Å². The molecule has 0 bridgehead atoms. The molecule has 0 amide bonds. The van der Waals surface area contributed by atoms with Crippen molar-refractivity contribution in [2.75, 3.05) is 5.75 Å². The molecule has 0 aromatic heterocycles. The van der Waals surface area contributed by atoms with Crippen molar-refractivity contribution in [3.63, 3.8) is 0 Å². The first-order valence-electron chi connectivity index (χ1n) is 3.13. The molecule has 0 spiro atoms. The molecule has 0 aliphatic carbocycles. The van der Waals surface area contributed by atoms with Gasteiger partial charge in [-0.05, 0) is 6.92 Å². The average Bonchev–Trinajstić information content (AvgIpc) is 1.77. The van der Waals surface area contributed by atoms with Gasteiger partial charge in [0.15, 0.2) is 0 Å². The molecule has 84 valence electrons. The van der Waals surface area contributed by atoms with Gasteiger partial charge < -0.3 is 5.11 Å². The number of aliphatic hydroxyl groups excluding tert-OH is 1. The number of hydrogen-bond donors (Lipinski definition) is 3. The van der Waals surface area contributed by atoms with Gasteiger partial charge in [-0.1, -0.05) is 0 Å². The maximum absolute atomic E-state index is 10.5.